The fourth-order valence-corrected chi connectivity index (χ4v) is 8.91. The third kappa shape index (κ3) is 35.5. The van der Waals surface area contributed by atoms with Crippen molar-refractivity contribution in [2.75, 3.05) is 19.8 Å². The normalized spacial score (nSPS) is 19.7. The molecule has 7 unspecified atom stereocenters. The minimum atomic E-state index is -1.57. The van der Waals surface area contributed by atoms with Crippen LogP contribution in [0.15, 0.2) is 12.2 Å². The molecule has 11 heteroatoms. The van der Waals surface area contributed by atoms with Crippen LogP contribution in [-0.2, 0) is 23.8 Å². The van der Waals surface area contributed by atoms with Crippen molar-refractivity contribution in [2.24, 2.45) is 0 Å². The predicted octanol–water partition coefficient (Wildman–Crippen LogP) is 12.0. The minimum absolute atomic E-state index is 0.0199. The second-order valence-electron chi connectivity index (χ2n) is 19.7. The van der Waals surface area contributed by atoms with E-state index in [9.17, 15) is 35.1 Å². The van der Waals surface area contributed by atoms with E-state index in [0.717, 1.165) is 70.6 Å². The molecule has 390 valence electrons. The monoisotopic (exact) mass is 940 g/mol. The highest BCUT2D eigenvalue weighted by molar-refractivity contribution is 5.76. The van der Waals surface area contributed by atoms with Gasteiger partial charge in [-0.15, -0.1) is 0 Å². The van der Waals surface area contributed by atoms with Gasteiger partial charge in [0.25, 0.3) is 0 Å². The molecular weight excluding hydrogens is 835 g/mol. The average Bonchev–Trinajstić information content (AvgIpc) is 3.31. The second kappa shape index (κ2) is 45.8. The quantitative estimate of drug-likeness (QED) is 0.0196. The number of carbonyl (C=O) groups excluding carboxylic acids is 2. The standard InChI is InChI=1S/C55H105NO10/c1-3-5-7-9-11-13-14-15-16-20-23-27-31-35-39-43-51(60)64-44-40-36-32-28-24-21-18-17-19-22-26-30-34-38-42-50(59)56-47(48(58)41-37-33-29-25-12-10-8-6-4-2)46-65-55-54(63)53(62)52(61)49(45-57)66-55/h37,41,47-49,52-55,57-58,61-63H,3-36,38-40,42-46H2,1-2H3,(H,56,59)/b41-37+. The summed E-state index contributed by atoms with van der Waals surface area (Å²) in [4.78, 5) is 25.0. The van der Waals surface area contributed by atoms with Crippen LogP contribution in [0.3, 0.4) is 0 Å². The number of esters is 1. The molecule has 11 nitrogen and oxygen atoms in total. The number of amides is 1. The van der Waals surface area contributed by atoms with E-state index in [1.54, 1.807) is 6.08 Å². The zero-order chi connectivity index (χ0) is 48.1. The molecule has 7 atom stereocenters. The van der Waals surface area contributed by atoms with Crippen LogP contribution in [0.5, 0.6) is 0 Å². The molecule has 1 amide bonds. The Bertz CT molecular complexity index is 1110. The van der Waals surface area contributed by atoms with Crippen LogP contribution >= 0.6 is 0 Å². The topological polar surface area (TPSA) is 175 Å². The van der Waals surface area contributed by atoms with Crippen LogP contribution in [0.1, 0.15) is 264 Å². The van der Waals surface area contributed by atoms with E-state index in [1.807, 2.05) is 6.08 Å². The third-order valence-electron chi connectivity index (χ3n) is 13.4. The first-order valence-corrected chi connectivity index (χ1v) is 28.0. The number of ether oxygens (including phenoxy) is 3. The number of allylic oxidation sites excluding steroid dienone is 1. The number of unbranched alkanes of at least 4 members (excludes halogenated alkanes) is 34. The zero-order valence-electron chi connectivity index (χ0n) is 42.7. The first-order valence-electron chi connectivity index (χ1n) is 28.0. The Morgan fingerprint density at radius 2 is 0.955 bits per heavy atom. The van der Waals surface area contributed by atoms with E-state index < -0.39 is 49.5 Å². The number of rotatable bonds is 48. The van der Waals surface area contributed by atoms with Crippen LogP contribution in [-0.4, -0.2) is 100 Å². The summed E-state index contributed by atoms with van der Waals surface area (Å²) in [7, 11) is 0. The van der Waals surface area contributed by atoms with E-state index in [2.05, 4.69) is 19.2 Å². The third-order valence-corrected chi connectivity index (χ3v) is 13.4. The van der Waals surface area contributed by atoms with E-state index in [0.29, 0.717) is 19.4 Å². The molecule has 0 aliphatic carbocycles. The molecular formula is C55H105NO10. The summed E-state index contributed by atoms with van der Waals surface area (Å²) in [5.74, 6) is -0.213. The van der Waals surface area contributed by atoms with Crippen molar-refractivity contribution in [3.63, 3.8) is 0 Å². The Hall–Kier alpha value is -1.60. The van der Waals surface area contributed by atoms with E-state index in [4.69, 9.17) is 14.2 Å². The summed E-state index contributed by atoms with van der Waals surface area (Å²) in [6.07, 6.45) is 41.6. The minimum Gasteiger partial charge on any atom is -0.466 e. The van der Waals surface area contributed by atoms with Crippen LogP contribution in [0.25, 0.3) is 0 Å². The smallest absolute Gasteiger partial charge is 0.305 e. The summed E-state index contributed by atoms with van der Waals surface area (Å²) in [5.41, 5.74) is 0. The first kappa shape index (κ1) is 62.4. The molecule has 1 saturated heterocycles. The van der Waals surface area contributed by atoms with Gasteiger partial charge in [0.15, 0.2) is 6.29 Å². The predicted molar refractivity (Wildman–Crippen MR) is 269 cm³/mol. The number of aliphatic hydroxyl groups is 5. The van der Waals surface area contributed by atoms with Crippen LogP contribution in [0.2, 0.25) is 0 Å². The first-order chi connectivity index (χ1) is 32.2. The van der Waals surface area contributed by atoms with Gasteiger partial charge in [0, 0.05) is 12.8 Å². The van der Waals surface area contributed by atoms with Crippen molar-refractivity contribution in [3.05, 3.63) is 12.2 Å². The van der Waals surface area contributed by atoms with Crippen molar-refractivity contribution in [2.45, 2.75) is 307 Å². The number of nitrogens with one attached hydrogen (secondary N) is 1. The molecule has 0 aromatic heterocycles. The Morgan fingerprint density at radius 1 is 0.545 bits per heavy atom. The SMILES string of the molecule is CCCCCCCCC/C=C/C(O)C(COC1OC(CO)C(O)C(O)C1O)NC(=O)CCCCCCCCCCCCCCCCOC(=O)CCCCCCCCCCCCCCCCC. The van der Waals surface area contributed by atoms with Gasteiger partial charge in [0.05, 0.1) is 32.0 Å². The van der Waals surface area contributed by atoms with Crippen molar-refractivity contribution < 1.29 is 49.3 Å². The Morgan fingerprint density at radius 3 is 1.41 bits per heavy atom. The van der Waals surface area contributed by atoms with Gasteiger partial charge in [-0.1, -0.05) is 231 Å². The van der Waals surface area contributed by atoms with Crippen LogP contribution in [0.4, 0.5) is 0 Å². The summed E-state index contributed by atoms with van der Waals surface area (Å²) in [6.45, 7) is 4.29. The molecule has 1 aliphatic heterocycles. The maximum absolute atomic E-state index is 13.0. The number of carbonyl (C=O) groups is 2. The molecule has 1 heterocycles. The Kier molecular flexibility index (Phi) is 43.3. The molecule has 0 bridgehead atoms. The lowest BCUT2D eigenvalue weighted by Crippen LogP contribution is -2.60. The van der Waals surface area contributed by atoms with Gasteiger partial charge in [-0.3, -0.25) is 9.59 Å². The van der Waals surface area contributed by atoms with Gasteiger partial charge in [-0.2, -0.15) is 0 Å². The lowest BCUT2D eigenvalue weighted by molar-refractivity contribution is -0.302. The van der Waals surface area contributed by atoms with E-state index in [1.165, 1.54) is 167 Å². The summed E-state index contributed by atoms with van der Waals surface area (Å²) >= 11 is 0. The van der Waals surface area contributed by atoms with Crippen molar-refractivity contribution in [3.8, 4) is 0 Å². The van der Waals surface area contributed by atoms with Crippen LogP contribution in [0, 0.1) is 0 Å². The fourth-order valence-electron chi connectivity index (χ4n) is 8.91. The molecule has 0 spiro atoms. The maximum atomic E-state index is 13.0. The Labute approximate surface area is 404 Å². The number of hydrogen-bond donors (Lipinski definition) is 6. The van der Waals surface area contributed by atoms with Crippen LogP contribution < -0.4 is 5.32 Å². The summed E-state index contributed by atoms with van der Waals surface area (Å²) < 4.78 is 16.7. The second-order valence-corrected chi connectivity index (χ2v) is 19.7. The molecule has 1 fully saturated rings. The zero-order valence-corrected chi connectivity index (χ0v) is 42.7. The Balaban J connectivity index is 2.07. The highest BCUT2D eigenvalue weighted by Crippen LogP contribution is 2.23. The summed E-state index contributed by atoms with van der Waals surface area (Å²) in [6, 6.07) is -0.815. The van der Waals surface area contributed by atoms with Gasteiger partial charge >= 0.3 is 5.97 Å². The van der Waals surface area contributed by atoms with E-state index in [-0.39, 0.29) is 18.5 Å². The van der Waals surface area contributed by atoms with E-state index >= 15 is 0 Å². The summed E-state index contributed by atoms with van der Waals surface area (Å²) in [5, 5.41) is 54.1. The molecule has 0 radical (unpaired) electrons. The molecule has 0 saturated carbocycles. The molecule has 0 aromatic rings. The van der Waals surface area contributed by atoms with Crippen molar-refractivity contribution in [1.29, 1.82) is 0 Å². The van der Waals surface area contributed by atoms with Gasteiger partial charge in [0.1, 0.15) is 24.4 Å². The van der Waals surface area contributed by atoms with Gasteiger partial charge < -0.3 is 45.1 Å². The van der Waals surface area contributed by atoms with Gasteiger partial charge in [-0.25, -0.2) is 0 Å². The lowest BCUT2D eigenvalue weighted by Gasteiger charge is -2.40. The molecule has 1 rings (SSSR count). The van der Waals surface area contributed by atoms with Crippen molar-refractivity contribution in [1.82, 2.24) is 5.32 Å². The number of aliphatic hydroxyl groups excluding tert-OH is 5. The fraction of sp³-hybridized carbons (Fsp3) is 0.927. The molecule has 0 aromatic carbocycles. The molecule has 66 heavy (non-hydrogen) atoms. The molecule has 6 N–H and O–H groups in total. The lowest BCUT2D eigenvalue weighted by atomic mass is 9.99. The highest BCUT2D eigenvalue weighted by atomic mass is 16.7. The maximum Gasteiger partial charge on any atom is 0.305 e. The van der Waals surface area contributed by atoms with Gasteiger partial charge in [-0.05, 0) is 32.1 Å². The largest absolute Gasteiger partial charge is 0.466 e. The van der Waals surface area contributed by atoms with Crippen molar-refractivity contribution >= 4 is 11.9 Å². The average molecular weight is 940 g/mol. The number of hydrogen-bond acceptors (Lipinski definition) is 10. The molecule has 1 aliphatic rings. The highest BCUT2D eigenvalue weighted by Gasteiger charge is 2.44. The van der Waals surface area contributed by atoms with Gasteiger partial charge in [0.2, 0.25) is 5.91 Å².